The van der Waals surface area contributed by atoms with Gasteiger partial charge in [-0.2, -0.15) is 0 Å². The van der Waals surface area contributed by atoms with Crippen molar-refractivity contribution in [2.45, 2.75) is 38.8 Å². The average molecular weight is 430 g/mol. The molecule has 0 bridgehead atoms. The predicted molar refractivity (Wildman–Crippen MR) is 123 cm³/mol. The summed E-state index contributed by atoms with van der Waals surface area (Å²) in [5, 5.41) is 0. The van der Waals surface area contributed by atoms with Crippen LogP contribution in [0.3, 0.4) is 0 Å². The first-order valence-corrected chi connectivity index (χ1v) is 11.3. The van der Waals surface area contributed by atoms with Gasteiger partial charge in [0, 0.05) is 0 Å². The Morgan fingerprint density at radius 2 is 1.88 bits per heavy atom. The highest BCUT2D eigenvalue weighted by Crippen LogP contribution is 2.45. The van der Waals surface area contributed by atoms with Crippen LogP contribution in [-0.4, -0.2) is 28.0 Å². The number of amides is 1. The average Bonchev–Trinajstić information content (AvgIpc) is 3.21. The van der Waals surface area contributed by atoms with Gasteiger partial charge in [-0.15, -0.1) is 0 Å². The zero-order valence-corrected chi connectivity index (χ0v) is 18.2. The van der Waals surface area contributed by atoms with Gasteiger partial charge in [0.15, 0.2) is 5.92 Å². The SMILES string of the molecule is CCOC(=O)[C@@H]1C(=O)N(Cc2ccccc2)c2nc3ccccc3n2[C@H]1[C@@H]1CC=CCC1. The Morgan fingerprint density at radius 3 is 2.62 bits per heavy atom. The summed E-state index contributed by atoms with van der Waals surface area (Å²) in [4.78, 5) is 33.6. The number of para-hydroxylation sites is 2. The summed E-state index contributed by atoms with van der Waals surface area (Å²) in [6, 6.07) is 17.4. The molecule has 0 unspecified atom stereocenters. The van der Waals surface area contributed by atoms with Crippen LogP contribution in [0, 0.1) is 11.8 Å². The number of anilines is 1. The number of nitrogens with zero attached hydrogens (tertiary/aromatic N) is 3. The molecular formula is C26H27N3O3. The van der Waals surface area contributed by atoms with E-state index in [2.05, 4.69) is 16.7 Å². The first-order chi connectivity index (χ1) is 15.7. The minimum Gasteiger partial charge on any atom is -0.465 e. The predicted octanol–water partition coefficient (Wildman–Crippen LogP) is 4.66. The van der Waals surface area contributed by atoms with Crippen molar-refractivity contribution in [2.75, 3.05) is 11.5 Å². The molecule has 6 nitrogen and oxygen atoms in total. The highest BCUT2D eigenvalue weighted by molar-refractivity contribution is 6.08. The molecule has 0 saturated heterocycles. The van der Waals surface area contributed by atoms with Crippen LogP contribution in [0.4, 0.5) is 5.95 Å². The first kappa shape index (κ1) is 20.5. The Kier molecular flexibility index (Phi) is 5.52. The van der Waals surface area contributed by atoms with Crippen LogP contribution in [0.15, 0.2) is 66.7 Å². The molecule has 2 aliphatic rings. The molecule has 164 valence electrons. The van der Waals surface area contributed by atoms with Crippen molar-refractivity contribution in [1.29, 1.82) is 0 Å². The standard InChI is InChI=1S/C26H27N3O3/c1-2-32-25(31)22-23(19-13-7-4-8-14-19)29-21-16-10-9-15-20(21)27-26(29)28(24(22)30)17-18-11-5-3-6-12-18/h3-7,9-12,15-16,19,22-23H,2,8,13-14,17H2,1H3/t19-,22+,23+/m1/s1. The minimum absolute atomic E-state index is 0.161. The lowest BCUT2D eigenvalue weighted by Crippen LogP contribution is -2.51. The molecule has 0 saturated carbocycles. The maximum atomic E-state index is 13.9. The number of carbonyl (C=O) groups excluding carboxylic acids is 2. The Bertz CT molecular complexity index is 1170. The third-order valence-electron chi connectivity index (χ3n) is 6.51. The molecule has 32 heavy (non-hydrogen) atoms. The highest BCUT2D eigenvalue weighted by Gasteiger charge is 2.49. The van der Waals surface area contributed by atoms with Crippen molar-refractivity contribution < 1.29 is 14.3 Å². The van der Waals surface area contributed by atoms with Crippen molar-refractivity contribution in [3.63, 3.8) is 0 Å². The van der Waals surface area contributed by atoms with Gasteiger partial charge in [-0.1, -0.05) is 54.6 Å². The quantitative estimate of drug-likeness (QED) is 0.336. The fourth-order valence-corrected chi connectivity index (χ4v) is 5.07. The third-order valence-corrected chi connectivity index (χ3v) is 6.51. The minimum atomic E-state index is -0.889. The number of rotatable bonds is 5. The third kappa shape index (κ3) is 3.49. The molecule has 0 N–H and O–H groups in total. The van der Waals surface area contributed by atoms with Gasteiger partial charge in [0.1, 0.15) is 0 Å². The smallest absolute Gasteiger partial charge is 0.320 e. The number of hydrogen-bond acceptors (Lipinski definition) is 4. The molecule has 3 atom stereocenters. The van der Waals surface area contributed by atoms with Crippen LogP contribution < -0.4 is 4.90 Å². The van der Waals surface area contributed by atoms with Gasteiger partial charge in [0.05, 0.1) is 30.2 Å². The summed E-state index contributed by atoms with van der Waals surface area (Å²) in [5.41, 5.74) is 2.76. The van der Waals surface area contributed by atoms with Gasteiger partial charge >= 0.3 is 5.97 Å². The van der Waals surface area contributed by atoms with Gasteiger partial charge in [0.25, 0.3) is 0 Å². The molecule has 0 spiro atoms. The van der Waals surface area contributed by atoms with Gasteiger partial charge in [0.2, 0.25) is 11.9 Å². The molecule has 6 heteroatoms. The molecule has 1 amide bonds. The lowest BCUT2D eigenvalue weighted by molar-refractivity contribution is -0.155. The largest absolute Gasteiger partial charge is 0.465 e. The van der Waals surface area contributed by atoms with Crippen molar-refractivity contribution >= 4 is 28.9 Å². The number of carbonyl (C=O) groups is 2. The topological polar surface area (TPSA) is 64.4 Å². The van der Waals surface area contributed by atoms with E-state index in [1.807, 2.05) is 54.6 Å². The van der Waals surface area contributed by atoms with E-state index in [9.17, 15) is 9.59 Å². The molecule has 0 fully saturated rings. The Hall–Kier alpha value is -3.41. The molecule has 5 rings (SSSR count). The summed E-state index contributed by atoms with van der Waals surface area (Å²) in [6.45, 7) is 2.38. The van der Waals surface area contributed by atoms with Crippen molar-refractivity contribution in [2.24, 2.45) is 11.8 Å². The van der Waals surface area contributed by atoms with Crippen LogP contribution in [0.5, 0.6) is 0 Å². The van der Waals surface area contributed by atoms with Crippen molar-refractivity contribution in [3.8, 4) is 0 Å². The fraction of sp³-hybridized carbons (Fsp3) is 0.346. The van der Waals surface area contributed by atoms with E-state index in [4.69, 9.17) is 9.72 Å². The summed E-state index contributed by atoms with van der Waals surface area (Å²) in [7, 11) is 0. The molecule has 2 aromatic carbocycles. The molecule has 2 heterocycles. The van der Waals surface area contributed by atoms with Crippen LogP contribution in [-0.2, 0) is 20.9 Å². The van der Waals surface area contributed by atoms with E-state index in [1.54, 1.807) is 11.8 Å². The lowest BCUT2D eigenvalue weighted by atomic mass is 9.79. The van der Waals surface area contributed by atoms with E-state index >= 15 is 0 Å². The number of imidazole rings is 1. The Balaban J connectivity index is 1.69. The van der Waals surface area contributed by atoms with E-state index in [-0.39, 0.29) is 24.5 Å². The van der Waals surface area contributed by atoms with Crippen LogP contribution >= 0.6 is 0 Å². The van der Waals surface area contributed by atoms with Crippen LogP contribution in [0.25, 0.3) is 11.0 Å². The summed E-state index contributed by atoms with van der Waals surface area (Å²) in [6.07, 6.45) is 7.04. The molecular weight excluding hydrogens is 402 g/mol. The highest BCUT2D eigenvalue weighted by atomic mass is 16.5. The van der Waals surface area contributed by atoms with Crippen molar-refractivity contribution in [3.05, 3.63) is 72.3 Å². The lowest BCUT2D eigenvalue weighted by Gasteiger charge is -2.41. The van der Waals surface area contributed by atoms with E-state index in [0.29, 0.717) is 12.5 Å². The second kappa shape index (κ2) is 8.61. The molecule has 1 aliphatic heterocycles. The van der Waals surface area contributed by atoms with Crippen LogP contribution in [0.1, 0.15) is 37.8 Å². The van der Waals surface area contributed by atoms with E-state index < -0.39 is 11.9 Å². The number of fused-ring (bicyclic) bond motifs is 3. The van der Waals surface area contributed by atoms with Gasteiger partial charge in [-0.05, 0) is 49.8 Å². The summed E-state index contributed by atoms with van der Waals surface area (Å²) < 4.78 is 7.57. The molecule has 1 aromatic heterocycles. The number of allylic oxidation sites excluding steroid dienone is 2. The van der Waals surface area contributed by atoms with E-state index in [0.717, 1.165) is 35.9 Å². The maximum absolute atomic E-state index is 13.9. The molecule has 1 aliphatic carbocycles. The first-order valence-electron chi connectivity index (χ1n) is 11.3. The second-order valence-corrected chi connectivity index (χ2v) is 8.45. The zero-order chi connectivity index (χ0) is 22.1. The van der Waals surface area contributed by atoms with Gasteiger partial charge in [-0.3, -0.25) is 14.5 Å². The monoisotopic (exact) mass is 429 g/mol. The number of ether oxygens (including phenoxy) is 1. The van der Waals surface area contributed by atoms with Gasteiger partial charge < -0.3 is 9.30 Å². The summed E-state index contributed by atoms with van der Waals surface area (Å²) in [5.74, 6) is -0.790. The number of esters is 1. The second-order valence-electron chi connectivity index (χ2n) is 8.45. The fourth-order valence-electron chi connectivity index (χ4n) is 5.07. The van der Waals surface area contributed by atoms with E-state index in [1.165, 1.54) is 0 Å². The van der Waals surface area contributed by atoms with Gasteiger partial charge in [-0.25, -0.2) is 4.98 Å². The van der Waals surface area contributed by atoms with Crippen molar-refractivity contribution in [1.82, 2.24) is 9.55 Å². The molecule has 3 aromatic rings. The Morgan fingerprint density at radius 1 is 1.09 bits per heavy atom. The Labute approximate surface area is 187 Å². The normalized spacial score (nSPS) is 22.7. The number of benzene rings is 2. The van der Waals surface area contributed by atoms with Crippen LogP contribution in [0.2, 0.25) is 0 Å². The maximum Gasteiger partial charge on any atom is 0.320 e. The zero-order valence-electron chi connectivity index (χ0n) is 18.2. The number of hydrogen-bond donors (Lipinski definition) is 0. The summed E-state index contributed by atoms with van der Waals surface area (Å²) >= 11 is 0. The number of aromatic nitrogens is 2. The molecule has 0 radical (unpaired) electrons.